The van der Waals surface area contributed by atoms with E-state index < -0.39 is 0 Å². The second kappa shape index (κ2) is 6.66. The van der Waals surface area contributed by atoms with Crippen LogP contribution in [0.1, 0.15) is 30.6 Å². The van der Waals surface area contributed by atoms with Crippen molar-refractivity contribution in [3.8, 4) is 11.5 Å². The quantitative estimate of drug-likeness (QED) is 0.818. The Bertz CT molecular complexity index is 424. The van der Waals surface area contributed by atoms with Crippen molar-refractivity contribution in [1.29, 1.82) is 0 Å². The molecule has 5 heteroatoms. The number of methoxy groups -OCH3 is 2. The number of carbonyl (C=O) groups is 1. The Morgan fingerprint density at radius 2 is 1.74 bits per heavy atom. The zero-order valence-corrected chi connectivity index (χ0v) is 12.5. The fourth-order valence-corrected chi connectivity index (χ4v) is 2.09. The molecule has 0 atom stereocenters. The van der Waals surface area contributed by atoms with E-state index in [4.69, 9.17) is 21.1 Å². The summed E-state index contributed by atoms with van der Waals surface area (Å²) in [6.45, 7) is 3.87. The Hall–Kier alpha value is -1.42. The highest BCUT2D eigenvalue weighted by molar-refractivity contribution is 6.17. The van der Waals surface area contributed by atoms with Crippen LogP contribution in [0.5, 0.6) is 11.5 Å². The van der Waals surface area contributed by atoms with Gasteiger partial charge in [-0.05, 0) is 32.4 Å². The van der Waals surface area contributed by atoms with Crippen molar-refractivity contribution in [2.24, 2.45) is 0 Å². The molecule has 106 valence electrons. The summed E-state index contributed by atoms with van der Waals surface area (Å²) < 4.78 is 10.3. The van der Waals surface area contributed by atoms with E-state index in [1.807, 2.05) is 13.8 Å². The fourth-order valence-electron chi connectivity index (χ4n) is 1.62. The smallest absolute Gasteiger partial charge is 0.251 e. The largest absolute Gasteiger partial charge is 0.497 e. The first kappa shape index (κ1) is 15.6. The Morgan fingerprint density at radius 3 is 2.16 bits per heavy atom. The van der Waals surface area contributed by atoms with Gasteiger partial charge in [0.15, 0.2) is 0 Å². The third kappa shape index (κ3) is 4.63. The molecule has 0 bridgehead atoms. The van der Waals surface area contributed by atoms with Gasteiger partial charge in [-0.25, -0.2) is 0 Å². The second-order valence-corrected chi connectivity index (χ2v) is 5.26. The van der Waals surface area contributed by atoms with Crippen LogP contribution >= 0.6 is 11.6 Å². The molecule has 0 fully saturated rings. The Labute approximate surface area is 119 Å². The Morgan fingerprint density at radius 1 is 1.21 bits per heavy atom. The molecule has 0 aliphatic rings. The number of ether oxygens (including phenoxy) is 2. The van der Waals surface area contributed by atoms with Crippen LogP contribution in [0.25, 0.3) is 0 Å². The van der Waals surface area contributed by atoms with E-state index >= 15 is 0 Å². The van der Waals surface area contributed by atoms with Gasteiger partial charge in [-0.15, -0.1) is 11.6 Å². The molecule has 0 aromatic heterocycles. The van der Waals surface area contributed by atoms with Crippen molar-refractivity contribution in [3.63, 3.8) is 0 Å². The molecule has 0 radical (unpaired) electrons. The first-order valence-electron chi connectivity index (χ1n) is 6.03. The highest BCUT2D eigenvalue weighted by Gasteiger charge is 2.21. The maximum atomic E-state index is 12.2. The molecule has 1 rings (SSSR count). The molecule has 0 saturated heterocycles. The van der Waals surface area contributed by atoms with Crippen LogP contribution in [0, 0.1) is 0 Å². The van der Waals surface area contributed by atoms with Gasteiger partial charge in [-0.2, -0.15) is 0 Å². The van der Waals surface area contributed by atoms with Crippen LogP contribution in [0.4, 0.5) is 0 Å². The minimum absolute atomic E-state index is 0.174. The van der Waals surface area contributed by atoms with Crippen LogP contribution in [-0.2, 0) is 0 Å². The van der Waals surface area contributed by atoms with E-state index in [-0.39, 0.29) is 11.4 Å². The van der Waals surface area contributed by atoms with Gasteiger partial charge in [0, 0.05) is 23.0 Å². The van der Waals surface area contributed by atoms with Crippen LogP contribution < -0.4 is 14.8 Å². The van der Waals surface area contributed by atoms with Crippen molar-refractivity contribution in [3.05, 3.63) is 23.8 Å². The summed E-state index contributed by atoms with van der Waals surface area (Å²) in [5.41, 5.74) is 0.147. The molecule has 0 saturated carbocycles. The second-order valence-electron chi connectivity index (χ2n) is 4.88. The predicted molar refractivity (Wildman–Crippen MR) is 76.4 cm³/mol. The molecule has 0 aliphatic heterocycles. The monoisotopic (exact) mass is 285 g/mol. The lowest BCUT2D eigenvalue weighted by molar-refractivity contribution is 0.0911. The Balaban J connectivity index is 2.93. The summed E-state index contributed by atoms with van der Waals surface area (Å²) in [6.07, 6.45) is 0.696. The topological polar surface area (TPSA) is 47.6 Å². The van der Waals surface area contributed by atoms with Gasteiger partial charge in [0.2, 0.25) is 0 Å². The zero-order valence-electron chi connectivity index (χ0n) is 11.7. The summed E-state index contributed by atoms with van der Waals surface area (Å²) >= 11 is 5.72. The predicted octanol–water partition coefficient (Wildman–Crippen LogP) is 2.84. The number of alkyl halides is 1. The molecular weight excluding hydrogens is 266 g/mol. The normalized spacial score (nSPS) is 11.0. The molecule has 1 aromatic rings. The summed E-state index contributed by atoms with van der Waals surface area (Å²) in [4.78, 5) is 12.2. The zero-order chi connectivity index (χ0) is 14.5. The molecule has 1 N–H and O–H groups in total. The van der Waals surface area contributed by atoms with E-state index in [2.05, 4.69) is 5.32 Å². The van der Waals surface area contributed by atoms with Crippen molar-refractivity contribution >= 4 is 17.5 Å². The number of amides is 1. The summed E-state index contributed by atoms with van der Waals surface area (Å²) in [5.74, 6) is 1.49. The molecule has 0 unspecified atom stereocenters. The summed E-state index contributed by atoms with van der Waals surface area (Å²) in [6, 6.07) is 5.07. The number of hydrogen-bond acceptors (Lipinski definition) is 3. The molecule has 1 amide bonds. The van der Waals surface area contributed by atoms with E-state index in [1.54, 1.807) is 32.4 Å². The van der Waals surface area contributed by atoms with Gasteiger partial charge < -0.3 is 14.8 Å². The van der Waals surface area contributed by atoms with Crippen LogP contribution in [-0.4, -0.2) is 31.5 Å². The van der Waals surface area contributed by atoms with Gasteiger partial charge in [-0.3, -0.25) is 4.79 Å². The van der Waals surface area contributed by atoms with Gasteiger partial charge in [0.05, 0.1) is 14.2 Å². The number of carbonyl (C=O) groups excluding carboxylic acids is 1. The van der Waals surface area contributed by atoms with Gasteiger partial charge in [0.1, 0.15) is 11.5 Å². The maximum Gasteiger partial charge on any atom is 0.251 e. The number of rotatable bonds is 6. The minimum atomic E-state index is -0.352. The van der Waals surface area contributed by atoms with E-state index in [0.29, 0.717) is 29.4 Å². The summed E-state index contributed by atoms with van der Waals surface area (Å²) in [7, 11) is 3.10. The summed E-state index contributed by atoms with van der Waals surface area (Å²) in [5, 5.41) is 2.94. The SMILES string of the molecule is COc1cc(OC)cc(C(=O)NC(C)(C)CCCl)c1. The Kier molecular flexibility index (Phi) is 5.48. The number of halogens is 1. The number of nitrogens with one attached hydrogen (secondary N) is 1. The van der Waals surface area contributed by atoms with Gasteiger partial charge in [0.25, 0.3) is 5.91 Å². The average Bonchev–Trinajstić information content (AvgIpc) is 2.37. The maximum absolute atomic E-state index is 12.2. The molecule has 0 aliphatic carbocycles. The van der Waals surface area contributed by atoms with Gasteiger partial charge >= 0.3 is 0 Å². The lowest BCUT2D eigenvalue weighted by atomic mass is 10.0. The number of hydrogen-bond donors (Lipinski definition) is 1. The third-order valence-electron chi connectivity index (χ3n) is 2.79. The van der Waals surface area contributed by atoms with E-state index in [1.165, 1.54) is 0 Å². The van der Waals surface area contributed by atoms with Crippen molar-refractivity contribution in [1.82, 2.24) is 5.32 Å². The first-order valence-corrected chi connectivity index (χ1v) is 6.57. The van der Waals surface area contributed by atoms with Crippen molar-refractivity contribution < 1.29 is 14.3 Å². The number of benzene rings is 1. The molecule has 0 spiro atoms. The van der Waals surface area contributed by atoms with Crippen LogP contribution in [0.3, 0.4) is 0 Å². The van der Waals surface area contributed by atoms with Crippen molar-refractivity contribution in [2.75, 3.05) is 20.1 Å². The first-order chi connectivity index (χ1) is 8.91. The third-order valence-corrected chi connectivity index (χ3v) is 2.97. The fraction of sp³-hybridized carbons (Fsp3) is 0.500. The van der Waals surface area contributed by atoms with E-state index in [0.717, 1.165) is 0 Å². The lowest BCUT2D eigenvalue weighted by Crippen LogP contribution is -2.43. The van der Waals surface area contributed by atoms with E-state index in [9.17, 15) is 4.79 Å². The highest BCUT2D eigenvalue weighted by Crippen LogP contribution is 2.23. The molecule has 19 heavy (non-hydrogen) atoms. The average molecular weight is 286 g/mol. The van der Waals surface area contributed by atoms with Gasteiger partial charge in [-0.1, -0.05) is 0 Å². The highest BCUT2D eigenvalue weighted by atomic mass is 35.5. The lowest BCUT2D eigenvalue weighted by Gasteiger charge is -2.25. The molecular formula is C14H20ClNO3. The van der Waals surface area contributed by atoms with Crippen LogP contribution in [0.15, 0.2) is 18.2 Å². The van der Waals surface area contributed by atoms with Crippen molar-refractivity contribution in [2.45, 2.75) is 25.8 Å². The molecule has 4 nitrogen and oxygen atoms in total. The standard InChI is InChI=1S/C14H20ClNO3/c1-14(2,5-6-15)16-13(17)10-7-11(18-3)9-12(8-10)19-4/h7-9H,5-6H2,1-4H3,(H,16,17). The molecule has 1 aromatic carbocycles. The minimum Gasteiger partial charge on any atom is -0.497 e. The van der Waals surface area contributed by atoms with Crippen LogP contribution in [0.2, 0.25) is 0 Å². The molecule has 0 heterocycles.